The van der Waals surface area contributed by atoms with Gasteiger partial charge in [0.25, 0.3) is 0 Å². The molecule has 0 N–H and O–H groups in total. The van der Waals surface area contributed by atoms with Gasteiger partial charge >= 0.3 is 0 Å². The second-order valence-corrected chi connectivity index (χ2v) is 8.49. The van der Waals surface area contributed by atoms with E-state index in [1.807, 2.05) is 11.3 Å². The molecule has 4 rings (SSSR count). The number of unbranched alkanes of at least 4 members (excludes halogenated alkanes) is 4. The van der Waals surface area contributed by atoms with E-state index in [1.54, 1.807) is 0 Å². The van der Waals surface area contributed by atoms with E-state index in [4.69, 9.17) is 4.42 Å². The van der Waals surface area contributed by atoms with E-state index in [-0.39, 0.29) is 0 Å². The molecule has 0 spiro atoms. The maximum Gasteiger partial charge on any atom is 0.154 e. The summed E-state index contributed by atoms with van der Waals surface area (Å²) < 4.78 is 8.97. The lowest BCUT2D eigenvalue weighted by molar-refractivity contribution is 0.670. The summed E-state index contributed by atoms with van der Waals surface area (Å²) in [6.45, 7) is 4.52. The summed E-state index contributed by atoms with van der Waals surface area (Å²) in [5.74, 6) is 0. The van der Waals surface area contributed by atoms with Crippen molar-refractivity contribution in [2.45, 2.75) is 65.2 Å². The molecular formula is C24H28OS. The van der Waals surface area contributed by atoms with Crippen LogP contribution in [0, 0.1) is 0 Å². The Hall–Kier alpha value is -1.80. The third kappa shape index (κ3) is 3.40. The summed E-state index contributed by atoms with van der Waals surface area (Å²) in [6, 6.07) is 13.7. The van der Waals surface area contributed by atoms with Crippen LogP contribution >= 0.6 is 11.3 Å². The second-order valence-electron chi connectivity index (χ2n) is 7.44. The van der Waals surface area contributed by atoms with E-state index in [2.05, 4.69) is 50.2 Å². The average molecular weight is 365 g/mol. The zero-order valence-electron chi connectivity index (χ0n) is 15.9. The van der Waals surface area contributed by atoms with Crippen LogP contribution in [0.5, 0.6) is 0 Å². The molecular weight excluding hydrogens is 336 g/mol. The molecule has 0 unspecified atom stereocenters. The first-order valence-electron chi connectivity index (χ1n) is 10.2. The predicted octanol–water partition coefficient (Wildman–Crippen LogP) is 8.27. The number of hydrogen-bond acceptors (Lipinski definition) is 2. The van der Waals surface area contributed by atoms with Crippen LogP contribution < -0.4 is 0 Å². The Balaban J connectivity index is 1.67. The monoisotopic (exact) mass is 364 g/mol. The highest BCUT2D eigenvalue weighted by atomic mass is 32.1. The molecule has 0 saturated carbocycles. The molecule has 136 valence electrons. The smallest absolute Gasteiger partial charge is 0.154 e. The molecule has 4 aromatic rings. The number of benzene rings is 2. The molecule has 2 aromatic carbocycles. The average Bonchev–Trinajstić information content (AvgIpc) is 3.17. The number of hydrogen-bond donors (Lipinski definition) is 0. The number of furan rings is 1. The lowest BCUT2D eigenvalue weighted by Gasteiger charge is -2.01. The van der Waals surface area contributed by atoms with Crippen LogP contribution in [0.2, 0.25) is 0 Å². The third-order valence-corrected chi connectivity index (χ3v) is 6.52. The molecule has 0 amide bonds. The van der Waals surface area contributed by atoms with Crippen molar-refractivity contribution < 1.29 is 4.42 Å². The topological polar surface area (TPSA) is 13.1 Å². The quantitative estimate of drug-likeness (QED) is 0.287. The standard InChI is InChI=1S/C24H28OS/c1-3-5-7-9-17-11-13-19-21(15-17)25-23-20-14-12-18(10-8-6-4-2)16-22(20)26-24(19)23/h11-16H,3-10H2,1-2H3. The Kier molecular flexibility index (Phi) is 5.31. The van der Waals surface area contributed by atoms with Gasteiger partial charge in [-0.15, -0.1) is 11.3 Å². The Labute approximate surface area is 160 Å². The summed E-state index contributed by atoms with van der Waals surface area (Å²) in [5, 5.41) is 2.54. The maximum absolute atomic E-state index is 6.30. The highest BCUT2D eigenvalue weighted by molar-refractivity contribution is 7.26. The normalized spacial score (nSPS) is 11.9. The first kappa shape index (κ1) is 17.6. The minimum absolute atomic E-state index is 1.05. The Morgan fingerprint density at radius 1 is 0.769 bits per heavy atom. The molecule has 0 radical (unpaired) electrons. The zero-order valence-corrected chi connectivity index (χ0v) is 16.8. The fourth-order valence-corrected chi connectivity index (χ4v) is 5.04. The lowest BCUT2D eigenvalue weighted by atomic mass is 10.1. The molecule has 0 saturated heterocycles. The van der Waals surface area contributed by atoms with E-state index in [0.717, 1.165) is 17.6 Å². The van der Waals surface area contributed by atoms with Gasteiger partial charge in [-0.3, -0.25) is 0 Å². The minimum Gasteiger partial charge on any atom is -0.454 e. The maximum atomic E-state index is 6.30. The first-order valence-corrected chi connectivity index (χ1v) is 11.0. The summed E-state index contributed by atoms with van der Waals surface area (Å²) in [4.78, 5) is 0. The van der Waals surface area contributed by atoms with Crippen molar-refractivity contribution in [2.75, 3.05) is 0 Å². The largest absolute Gasteiger partial charge is 0.454 e. The molecule has 2 aromatic heterocycles. The van der Waals surface area contributed by atoms with Gasteiger partial charge in [0, 0.05) is 15.5 Å². The third-order valence-electron chi connectivity index (χ3n) is 5.35. The molecule has 0 bridgehead atoms. The molecule has 2 heteroatoms. The molecule has 0 aliphatic carbocycles. The molecule has 0 aliphatic rings. The summed E-state index contributed by atoms with van der Waals surface area (Å²) >= 11 is 1.88. The van der Waals surface area contributed by atoms with Gasteiger partial charge in [-0.1, -0.05) is 51.7 Å². The highest BCUT2D eigenvalue weighted by Crippen LogP contribution is 2.41. The van der Waals surface area contributed by atoms with Gasteiger partial charge in [0.15, 0.2) is 5.58 Å². The molecule has 0 aliphatic heterocycles. The van der Waals surface area contributed by atoms with Gasteiger partial charge in [0.1, 0.15) is 5.58 Å². The van der Waals surface area contributed by atoms with Gasteiger partial charge in [0.05, 0.1) is 4.70 Å². The summed E-state index contributed by atoms with van der Waals surface area (Å²) in [7, 11) is 0. The van der Waals surface area contributed by atoms with Crippen LogP contribution in [0.1, 0.15) is 63.5 Å². The number of rotatable bonds is 8. The number of aryl methyl sites for hydroxylation is 2. The van der Waals surface area contributed by atoms with Crippen molar-refractivity contribution in [2.24, 2.45) is 0 Å². The van der Waals surface area contributed by atoms with Crippen molar-refractivity contribution in [1.29, 1.82) is 0 Å². The van der Waals surface area contributed by atoms with E-state index in [9.17, 15) is 0 Å². The fourth-order valence-electron chi connectivity index (χ4n) is 3.81. The Morgan fingerprint density at radius 2 is 1.42 bits per heavy atom. The van der Waals surface area contributed by atoms with Crippen molar-refractivity contribution in [3.8, 4) is 0 Å². The number of fused-ring (bicyclic) bond motifs is 5. The van der Waals surface area contributed by atoms with Gasteiger partial charge in [-0.2, -0.15) is 0 Å². The van der Waals surface area contributed by atoms with Gasteiger partial charge < -0.3 is 4.42 Å². The van der Waals surface area contributed by atoms with Crippen LogP contribution in [0.15, 0.2) is 40.8 Å². The SMILES string of the molecule is CCCCCc1ccc2c(c1)oc1c3ccc(CCCCC)cc3sc21. The van der Waals surface area contributed by atoms with Crippen molar-refractivity contribution >= 4 is 42.7 Å². The summed E-state index contributed by atoms with van der Waals surface area (Å²) in [5.41, 5.74) is 4.98. The Morgan fingerprint density at radius 3 is 2.12 bits per heavy atom. The molecule has 0 fully saturated rings. The highest BCUT2D eigenvalue weighted by Gasteiger charge is 2.14. The molecule has 26 heavy (non-hydrogen) atoms. The van der Waals surface area contributed by atoms with Crippen LogP contribution in [0.3, 0.4) is 0 Å². The zero-order chi connectivity index (χ0) is 17.9. The van der Waals surface area contributed by atoms with Crippen LogP contribution in [0.25, 0.3) is 31.3 Å². The van der Waals surface area contributed by atoms with Crippen LogP contribution in [-0.4, -0.2) is 0 Å². The van der Waals surface area contributed by atoms with Crippen molar-refractivity contribution in [3.63, 3.8) is 0 Å². The predicted molar refractivity (Wildman–Crippen MR) is 116 cm³/mol. The van der Waals surface area contributed by atoms with Gasteiger partial charge in [-0.05, 0) is 61.1 Å². The van der Waals surface area contributed by atoms with E-state index in [1.165, 1.54) is 76.2 Å². The van der Waals surface area contributed by atoms with E-state index in [0.29, 0.717) is 0 Å². The molecule has 1 nitrogen and oxygen atoms in total. The lowest BCUT2D eigenvalue weighted by Crippen LogP contribution is -1.84. The number of thiophene rings is 1. The van der Waals surface area contributed by atoms with E-state index < -0.39 is 0 Å². The second kappa shape index (κ2) is 7.84. The molecule has 2 heterocycles. The van der Waals surface area contributed by atoms with Crippen LogP contribution in [-0.2, 0) is 12.8 Å². The minimum atomic E-state index is 1.05. The van der Waals surface area contributed by atoms with E-state index >= 15 is 0 Å². The fraction of sp³-hybridized carbons (Fsp3) is 0.417. The Bertz CT molecular complexity index is 937. The molecule has 0 atom stereocenters. The van der Waals surface area contributed by atoms with Crippen LogP contribution in [0.4, 0.5) is 0 Å². The van der Waals surface area contributed by atoms with Crippen molar-refractivity contribution in [1.82, 2.24) is 0 Å². The van der Waals surface area contributed by atoms with Gasteiger partial charge in [0.2, 0.25) is 0 Å². The first-order chi connectivity index (χ1) is 12.8. The van der Waals surface area contributed by atoms with Crippen molar-refractivity contribution in [3.05, 3.63) is 47.5 Å². The van der Waals surface area contributed by atoms with Gasteiger partial charge in [-0.25, -0.2) is 0 Å². The summed E-state index contributed by atoms with van der Waals surface area (Å²) in [6.07, 6.45) is 10.1.